The fourth-order valence-electron chi connectivity index (χ4n) is 2.31. The number of urea groups is 1. The average Bonchev–Trinajstić information content (AvgIpc) is 2.58. The molecule has 5 nitrogen and oxygen atoms in total. The van der Waals surface area contributed by atoms with Crippen LogP contribution in [-0.4, -0.2) is 21.9 Å². The molecule has 0 bridgehead atoms. The van der Waals surface area contributed by atoms with Crippen LogP contribution in [0.25, 0.3) is 0 Å². The summed E-state index contributed by atoms with van der Waals surface area (Å²) < 4.78 is 1.70. The van der Waals surface area contributed by atoms with Crippen LogP contribution >= 0.6 is 0 Å². The average molecular weight is 236 g/mol. The monoisotopic (exact) mass is 236 g/mol. The highest BCUT2D eigenvalue weighted by atomic mass is 16.2. The van der Waals surface area contributed by atoms with E-state index in [-0.39, 0.29) is 6.03 Å². The molecule has 0 saturated heterocycles. The molecule has 2 amide bonds. The fraction of sp³-hybridized carbons (Fsp3) is 0.667. The molecule has 1 aliphatic carbocycles. The molecular weight excluding hydrogens is 216 g/mol. The zero-order valence-electron chi connectivity index (χ0n) is 10.5. The van der Waals surface area contributed by atoms with Crippen molar-refractivity contribution in [1.29, 1.82) is 0 Å². The number of hydrogen-bond donors (Lipinski definition) is 2. The van der Waals surface area contributed by atoms with Gasteiger partial charge >= 0.3 is 6.03 Å². The van der Waals surface area contributed by atoms with Gasteiger partial charge in [0.2, 0.25) is 0 Å². The van der Waals surface area contributed by atoms with Crippen molar-refractivity contribution in [2.45, 2.75) is 45.1 Å². The second-order valence-corrected chi connectivity index (χ2v) is 4.74. The van der Waals surface area contributed by atoms with E-state index in [2.05, 4.69) is 15.7 Å². The normalized spacial score (nSPS) is 16.8. The van der Waals surface area contributed by atoms with Gasteiger partial charge in [-0.25, -0.2) is 4.79 Å². The molecule has 2 rings (SSSR count). The number of aromatic nitrogens is 2. The van der Waals surface area contributed by atoms with Crippen LogP contribution in [0.2, 0.25) is 0 Å². The van der Waals surface area contributed by atoms with Crippen LogP contribution in [0.1, 0.15) is 37.8 Å². The van der Waals surface area contributed by atoms with E-state index >= 15 is 0 Å². The van der Waals surface area contributed by atoms with Gasteiger partial charge in [0.15, 0.2) is 0 Å². The van der Waals surface area contributed by atoms with E-state index in [0.29, 0.717) is 6.04 Å². The maximum absolute atomic E-state index is 11.8. The van der Waals surface area contributed by atoms with E-state index in [0.717, 1.165) is 24.2 Å². The van der Waals surface area contributed by atoms with Crippen molar-refractivity contribution >= 4 is 11.7 Å². The highest BCUT2D eigenvalue weighted by Crippen LogP contribution is 2.17. The Morgan fingerprint density at radius 3 is 2.71 bits per heavy atom. The minimum absolute atomic E-state index is 0.118. The lowest BCUT2D eigenvalue weighted by atomic mass is 9.96. The predicted octanol–water partition coefficient (Wildman–Crippen LogP) is 2.18. The first kappa shape index (κ1) is 12.0. The molecule has 0 aromatic carbocycles. The van der Waals surface area contributed by atoms with Gasteiger partial charge < -0.3 is 10.6 Å². The summed E-state index contributed by atoms with van der Waals surface area (Å²) in [7, 11) is 1.84. The van der Waals surface area contributed by atoms with Crippen molar-refractivity contribution in [2.75, 3.05) is 5.32 Å². The molecule has 0 atom stereocenters. The van der Waals surface area contributed by atoms with Crippen LogP contribution in [0, 0.1) is 6.92 Å². The molecule has 1 fully saturated rings. The highest BCUT2D eigenvalue weighted by Gasteiger charge is 2.16. The predicted molar refractivity (Wildman–Crippen MR) is 67.0 cm³/mol. The van der Waals surface area contributed by atoms with E-state index in [4.69, 9.17) is 0 Å². The lowest BCUT2D eigenvalue weighted by Gasteiger charge is -2.22. The number of aryl methyl sites for hydroxylation is 2. The van der Waals surface area contributed by atoms with E-state index < -0.39 is 0 Å². The van der Waals surface area contributed by atoms with Crippen LogP contribution in [0.4, 0.5) is 10.5 Å². The number of amides is 2. The maximum Gasteiger partial charge on any atom is 0.319 e. The van der Waals surface area contributed by atoms with Crippen LogP contribution in [0.3, 0.4) is 0 Å². The Hall–Kier alpha value is -1.52. The van der Waals surface area contributed by atoms with Crippen LogP contribution in [-0.2, 0) is 7.05 Å². The number of carbonyl (C=O) groups is 1. The zero-order chi connectivity index (χ0) is 12.3. The number of anilines is 1. The third-order valence-electron chi connectivity index (χ3n) is 3.20. The maximum atomic E-state index is 11.8. The Balaban J connectivity index is 1.86. The minimum atomic E-state index is -0.118. The zero-order valence-corrected chi connectivity index (χ0v) is 10.5. The molecule has 1 heterocycles. The molecule has 1 aromatic rings. The van der Waals surface area contributed by atoms with E-state index in [1.54, 1.807) is 4.68 Å². The Morgan fingerprint density at radius 1 is 1.41 bits per heavy atom. The highest BCUT2D eigenvalue weighted by molar-refractivity contribution is 5.89. The number of hydrogen-bond acceptors (Lipinski definition) is 2. The van der Waals surface area contributed by atoms with Gasteiger partial charge in [-0.15, -0.1) is 0 Å². The Labute approximate surface area is 102 Å². The number of nitrogens with one attached hydrogen (secondary N) is 2. The van der Waals surface area contributed by atoms with Crippen molar-refractivity contribution in [3.8, 4) is 0 Å². The molecule has 0 spiro atoms. The number of rotatable bonds is 2. The second kappa shape index (κ2) is 5.21. The number of carbonyl (C=O) groups excluding carboxylic acids is 1. The van der Waals surface area contributed by atoms with Gasteiger partial charge in [0.1, 0.15) is 0 Å². The molecule has 5 heteroatoms. The smallest absolute Gasteiger partial charge is 0.319 e. The Kier molecular flexibility index (Phi) is 3.66. The summed E-state index contributed by atoms with van der Waals surface area (Å²) in [6.45, 7) is 1.89. The fourth-order valence-corrected chi connectivity index (χ4v) is 2.31. The molecule has 1 aliphatic rings. The molecule has 17 heavy (non-hydrogen) atoms. The van der Waals surface area contributed by atoms with Crippen LogP contribution in [0.15, 0.2) is 6.20 Å². The molecule has 1 saturated carbocycles. The van der Waals surface area contributed by atoms with Gasteiger partial charge in [0.25, 0.3) is 0 Å². The molecule has 0 unspecified atom stereocenters. The van der Waals surface area contributed by atoms with Crippen LogP contribution in [0.5, 0.6) is 0 Å². The van der Waals surface area contributed by atoms with Gasteiger partial charge in [-0.05, 0) is 19.8 Å². The quantitative estimate of drug-likeness (QED) is 0.827. The van der Waals surface area contributed by atoms with Crippen LogP contribution < -0.4 is 10.6 Å². The third kappa shape index (κ3) is 3.22. The van der Waals surface area contributed by atoms with Crippen molar-refractivity contribution in [1.82, 2.24) is 15.1 Å². The molecular formula is C12H20N4O. The lowest BCUT2D eigenvalue weighted by molar-refractivity contribution is 0.244. The summed E-state index contributed by atoms with van der Waals surface area (Å²) in [5.41, 5.74) is 1.62. The third-order valence-corrected chi connectivity index (χ3v) is 3.20. The van der Waals surface area contributed by atoms with Gasteiger partial charge in [0, 0.05) is 19.3 Å². The van der Waals surface area contributed by atoms with Crippen molar-refractivity contribution in [2.24, 2.45) is 7.05 Å². The van der Waals surface area contributed by atoms with Crippen molar-refractivity contribution < 1.29 is 4.79 Å². The summed E-state index contributed by atoms with van der Waals surface area (Å²) in [5.74, 6) is 0. The van der Waals surface area contributed by atoms with Gasteiger partial charge in [-0.1, -0.05) is 19.3 Å². The Bertz CT molecular complexity index is 393. The minimum Gasteiger partial charge on any atom is -0.335 e. The first-order chi connectivity index (χ1) is 8.15. The molecule has 1 aromatic heterocycles. The first-order valence-corrected chi connectivity index (χ1v) is 6.23. The van der Waals surface area contributed by atoms with E-state index in [9.17, 15) is 4.79 Å². The number of nitrogens with zero attached hydrogens (tertiary/aromatic N) is 2. The largest absolute Gasteiger partial charge is 0.335 e. The van der Waals surface area contributed by atoms with Gasteiger partial charge in [-0.2, -0.15) is 5.10 Å². The summed E-state index contributed by atoms with van der Waals surface area (Å²) in [6, 6.07) is 0.216. The van der Waals surface area contributed by atoms with E-state index in [1.807, 2.05) is 20.2 Å². The summed E-state index contributed by atoms with van der Waals surface area (Å²) in [5, 5.41) is 10.0. The molecule has 0 radical (unpaired) electrons. The summed E-state index contributed by atoms with van der Waals surface area (Å²) >= 11 is 0. The van der Waals surface area contributed by atoms with Crippen molar-refractivity contribution in [3.05, 3.63) is 11.9 Å². The second-order valence-electron chi connectivity index (χ2n) is 4.74. The summed E-state index contributed by atoms with van der Waals surface area (Å²) in [4.78, 5) is 11.8. The molecule has 0 aliphatic heterocycles. The van der Waals surface area contributed by atoms with Gasteiger partial charge in [0.05, 0.1) is 11.4 Å². The lowest BCUT2D eigenvalue weighted by Crippen LogP contribution is -2.39. The standard InChI is InChI=1S/C12H20N4O/c1-9-11(8-16(2)15-9)14-12(17)13-10-6-4-3-5-7-10/h8,10H,3-7H2,1-2H3,(H2,13,14,17). The van der Waals surface area contributed by atoms with Gasteiger partial charge in [-0.3, -0.25) is 4.68 Å². The molecule has 2 N–H and O–H groups in total. The summed E-state index contributed by atoms with van der Waals surface area (Å²) in [6.07, 6.45) is 7.74. The molecule has 94 valence electrons. The SMILES string of the molecule is Cc1nn(C)cc1NC(=O)NC1CCCCC1. The topological polar surface area (TPSA) is 59.0 Å². The first-order valence-electron chi connectivity index (χ1n) is 6.23. The van der Waals surface area contributed by atoms with E-state index in [1.165, 1.54) is 19.3 Å². The van der Waals surface area contributed by atoms with Crippen molar-refractivity contribution in [3.63, 3.8) is 0 Å². The Morgan fingerprint density at radius 2 is 2.12 bits per heavy atom.